The molecule has 21 heavy (non-hydrogen) atoms. The summed E-state index contributed by atoms with van der Waals surface area (Å²) in [7, 11) is 3.35. The third-order valence-electron chi connectivity index (χ3n) is 3.71. The Morgan fingerprint density at radius 1 is 1.33 bits per heavy atom. The lowest BCUT2D eigenvalue weighted by molar-refractivity contribution is 0.186. The molecule has 1 N–H and O–H groups in total. The van der Waals surface area contributed by atoms with Crippen LogP contribution in [0.25, 0.3) is 11.0 Å². The predicted molar refractivity (Wildman–Crippen MR) is 79.5 cm³/mol. The standard InChI is InChI=1S/C16H18N2O3/c1-9-6-5-7-11-8-12(21-15(9)11)14(19)13-10(2)17-18(3)16(13)20-4/h5-8,14,19H,1-4H3. The first-order valence-electron chi connectivity index (χ1n) is 6.77. The molecule has 0 saturated heterocycles. The molecule has 0 fully saturated rings. The number of aromatic nitrogens is 2. The first-order valence-corrected chi connectivity index (χ1v) is 6.77. The lowest BCUT2D eigenvalue weighted by Gasteiger charge is -2.09. The summed E-state index contributed by atoms with van der Waals surface area (Å²) >= 11 is 0. The first-order chi connectivity index (χ1) is 10.0. The molecule has 3 rings (SSSR count). The average Bonchev–Trinajstić information content (AvgIpc) is 2.99. The fourth-order valence-corrected chi connectivity index (χ4v) is 2.72. The van der Waals surface area contributed by atoms with Crippen LogP contribution in [0.1, 0.15) is 28.7 Å². The van der Waals surface area contributed by atoms with Crippen LogP contribution in [0.3, 0.4) is 0 Å². The van der Waals surface area contributed by atoms with Gasteiger partial charge in [-0.2, -0.15) is 5.10 Å². The van der Waals surface area contributed by atoms with Crippen LogP contribution in [0, 0.1) is 13.8 Å². The second-order valence-electron chi connectivity index (χ2n) is 5.18. The number of ether oxygens (including phenoxy) is 1. The molecule has 0 amide bonds. The number of aryl methyl sites for hydroxylation is 3. The van der Waals surface area contributed by atoms with Crippen LogP contribution in [0.4, 0.5) is 0 Å². The van der Waals surface area contributed by atoms with Crippen molar-refractivity contribution in [2.75, 3.05) is 7.11 Å². The molecule has 0 saturated carbocycles. The summed E-state index contributed by atoms with van der Waals surface area (Å²) in [5, 5.41) is 15.9. The lowest BCUT2D eigenvalue weighted by atomic mass is 10.1. The van der Waals surface area contributed by atoms with Gasteiger partial charge in [0, 0.05) is 12.4 Å². The van der Waals surface area contributed by atoms with E-state index in [0.717, 1.165) is 22.2 Å². The summed E-state index contributed by atoms with van der Waals surface area (Å²) in [5.41, 5.74) is 3.20. The average molecular weight is 286 g/mol. The number of hydrogen-bond donors (Lipinski definition) is 1. The number of rotatable bonds is 3. The molecule has 0 radical (unpaired) electrons. The zero-order valence-corrected chi connectivity index (χ0v) is 12.5. The van der Waals surface area contributed by atoms with Gasteiger partial charge in [0.25, 0.3) is 0 Å². The molecule has 0 spiro atoms. The van der Waals surface area contributed by atoms with Crippen LogP contribution in [-0.2, 0) is 7.05 Å². The number of nitrogens with zero attached hydrogens (tertiary/aromatic N) is 2. The molecule has 0 aliphatic heterocycles. The molecule has 1 unspecified atom stereocenters. The molecule has 1 atom stereocenters. The molecular weight excluding hydrogens is 268 g/mol. The first kappa shape index (κ1) is 13.7. The number of fused-ring (bicyclic) bond motifs is 1. The topological polar surface area (TPSA) is 60.4 Å². The van der Waals surface area contributed by atoms with E-state index >= 15 is 0 Å². The van der Waals surface area contributed by atoms with E-state index in [1.165, 1.54) is 0 Å². The van der Waals surface area contributed by atoms with Crippen molar-refractivity contribution in [2.45, 2.75) is 20.0 Å². The predicted octanol–water partition coefficient (Wildman–Crippen LogP) is 2.87. The van der Waals surface area contributed by atoms with Crippen molar-refractivity contribution in [1.82, 2.24) is 9.78 Å². The van der Waals surface area contributed by atoms with Crippen molar-refractivity contribution < 1.29 is 14.3 Å². The minimum absolute atomic E-state index is 0.494. The highest BCUT2D eigenvalue weighted by atomic mass is 16.5. The number of benzene rings is 1. The van der Waals surface area contributed by atoms with E-state index in [4.69, 9.17) is 9.15 Å². The van der Waals surface area contributed by atoms with Gasteiger partial charge in [-0.1, -0.05) is 18.2 Å². The van der Waals surface area contributed by atoms with Crippen LogP contribution < -0.4 is 4.74 Å². The van der Waals surface area contributed by atoms with E-state index in [0.29, 0.717) is 17.2 Å². The van der Waals surface area contributed by atoms with Crippen molar-refractivity contribution >= 4 is 11.0 Å². The zero-order chi connectivity index (χ0) is 15.1. The molecule has 2 heterocycles. The maximum Gasteiger partial charge on any atom is 0.217 e. The van der Waals surface area contributed by atoms with Gasteiger partial charge in [-0.15, -0.1) is 0 Å². The number of para-hydroxylation sites is 1. The summed E-state index contributed by atoms with van der Waals surface area (Å²) in [6.07, 6.45) is -0.902. The molecule has 0 bridgehead atoms. The van der Waals surface area contributed by atoms with E-state index in [1.54, 1.807) is 18.8 Å². The van der Waals surface area contributed by atoms with Gasteiger partial charge in [0.05, 0.1) is 18.4 Å². The van der Waals surface area contributed by atoms with Gasteiger partial charge in [-0.25, -0.2) is 4.68 Å². The normalized spacial score (nSPS) is 12.8. The Morgan fingerprint density at radius 3 is 2.76 bits per heavy atom. The Morgan fingerprint density at radius 2 is 2.10 bits per heavy atom. The quantitative estimate of drug-likeness (QED) is 0.804. The van der Waals surface area contributed by atoms with E-state index < -0.39 is 6.10 Å². The Labute approximate surface area is 122 Å². The van der Waals surface area contributed by atoms with Gasteiger partial charge in [-0.3, -0.25) is 0 Å². The summed E-state index contributed by atoms with van der Waals surface area (Å²) in [6.45, 7) is 3.83. The highest BCUT2D eigenvalue weighted by molar-refractivity contribution is 5.81. The smallest absolute Gasteiger partial charge is 0.217 e. The number of aliphatic hydroxyl groups excluding tert-OH is 1. The number of aliphatic hydroxyl groups is 1. The minimum Gasteiger partial charge on any atom is -0.481 e. The maximum absolute atomic E-state index is 10.7. The molecular formula is C16H18N2O3. The summed E-state index contributed by atoms with van der Waals surface area (Å²) in [4.78, 5) is 0. The van der Waals surface area contributed by atoms with Gasteiger partial charge in [0.15, 0.2) is 0 Å². The van der Waals surface area contributed by atoms with Crippen LogP contribution >= 0.6 is 0 Å². The third kappa shape index (κ3) is 2.10. The van der Waals surface area contributed by atoms with Crippen LogP contribution in [0.15, 0.2) is 28.7 Å². The highest BCUT2D eigenvalue weighted by Crippen LogP contribution is 2.35. The van der Waals surface area contributed by atoms with Crippen molar-refractivity contribution in [3.8, 4) is 5.88 Å². The Kier molecular flexibility index (Phi) is 3.22. The molecule has 2 aromatic heterocycles. The van der Waals surface area contributed by atoms with Gasteiger partial charge >= 0.3 is 0 Å². The Bertz CT molecular complexity index is 801. The third-order valence-corrected chi connectivity index (χ3v) is 3.71. The fourth-order valence-electron chi connectivity index (χ4n) is 2.72. The molecule has 3 aromatic rings. The molecule has 5 heteroatoms. The fraction of sp³-hybridized carbons (Fsp3) is 0.312. The van der Waals surface area contributed by atoms with E-state index in [2.05, 4.69) is 5.10 Å². The zero-order valence-electron chi connectivity index (χ0n) is 12.5. The highest BCUT2D eigenvalue weighted by Gasteiger charge is 2.25. The van der Waals surface area contributed by atoms with Crippen molar-refractivity contribution in [2.24, 2.45) is 7.05 Å². The molecule has 0 aliphatic rings. The SMILES string of the molecule is COc1c(C(O)c2cc3cccc(C)c3o2)c(C)nn1C. The van der Waals surface area contributed by atoms with Crippen molar-refractivity contribution in [3.05, 3.63) is 46.8 Å². The summed E-state index contributed by atoms with van der Waals surface area (Å²) < 4.78 is 12.8. The second kappa shape index (κ2) is 4.93. The number of methoxy groups -OCH3 is 1. The number of hydrogen-bond acceptors (Lipinski definition) is 4. The second-order valence-corrected chi connectivity index (χ2v) is 5.18. The van der Waals surface area contributed by atoms with Crippen molar-refractivity contribution in [3.63, 3.8) is 0 Å². The minimum atomic E-state index is -0.902. The van der Waals surface area contributed by atoms with Gasteiger partial charge in [-0.05, 0) is 25.5 Å². The lowest BCUT2D eigenvalue weighted by Crippen LogP contribution is -2.02. The summed E-state index contributed by atoms with van der Waals surface area (Å²) in [6, 6.07) is 7.78. The number of furan rings is 1. The van der Waals surface area contributed by atoms with E-state index in [1.807, 2.05) is 38.1 Å². The molecule has 1 aromatic carbocycles. The van der Waals surface area contributed by atoms with E-state index in [9.17, 15) is 5.11 Å². The Balaban J connectivity index is 2.12. The van der Waals surface area contributed by atoms with Crippen LogP contribution in [-0.4, -0.2) is 22.0 Å². The molecule has 110 valence electrons. The van der Waals surface area contributed by atoms with Crippen LogP contribution in [0.2, 0.25) is 0 Å². The van der Waals surface area contributed by atoms with Gasteiger partial charge < -0.3 is 14.3 Å². The molecule has 5 nitrogen and oxygen atoms in total. The van der Waals surface area contributed by atoms with Gasteiger partial charge in [0.1, 0.15) is 17.4 Å². The maximum atomic E-state index is 10.7. The largest absolute Gasteiger partial charge is 0.481 e. The van der Waals surface area contributed by atoms with E-state index in [-0.39, 0.29) is 0 Å². The van der Waals surface area contributed by atoms with Gasteiger partial charge in [0.2, 0.25) is 5.88 Å². The Hall–Kier alpha value is -2.27. The summed E-state index contributed by atoms with van der Waals surface area (Å²) in [5.74, 6) is 1.03. The monoisotopic (exact) mass is 286 g/mol. The van der Waals surface area contributed by atoms with Crippen LogP contribution in [0.5, 0.6) is 5.88 Å². The molecule has 0 aliphatic carbocycles. The van der Waals surface area contributed by atoms with Crippen molar-refractivity contribution in [1.29, 1.82) is 0 Å².